The van der Waals surface area contributed by atoms with Crippen molar-refractivity contribution < 1.29 is 5.11 Å². The van der Waals surface area contributed by atoms with Crippen molar-refractivity contribution in [1.82, 2.24) is 4.98 Å². The number of hydrogen-bond donors (Lipinski definition) is 1. The molecule has 0 aliphatic heterocycles. The Morgan fingerprint density at radius 2 is 1.76 bits per heavy atom. The third-order valence-corrected chi connectivity index (χ3v) is 3.20. The van der Waals surface area contributed by atoms with Crippen molar-refractivity contribution >= 4 is 0 Å². The average Bonchev–Trinajstić information content (AvgIpc) is 2.40. The van der Waals surface area contributed by atoms with Gasteiger partial charge in [0.2, 0.25) is 0 Å². The molecule has 2 rings (SSSR count). The predicted octanol–water partition coefficient (Wildman–Crippen LogP) is 3.09. The fourth-order valence-corrected chi connectivity index (χ4v) is 1.98. The zero-order chi connectivity index (χ0) is 12.3. The SMILES string of the molecule is CC(C)(c1ccccc1)C(O)c1cccnc1. The molecule has 2 nitrogen and oxygen atoms in total. The largest absolute Gasteiger partial charge is 0.387 e. The standard InChI is InChI=1S/C15H17NO/c1-15(2,13-8-4-3-5-9-13)14(17)12-7-6-10-16-11-12/h3-11,14,17H,1-2H3. The van der Waals surface area contributed by atoms with Crippen LogP contribution >= 0.6 is 0 Å². The molecule has 1 atom stereocenters. The van der Waals surface area contributed by atoms with Gasteiger partial charge in [0.1, 0.15) is 0 Å². The van der Waals surface area contributed by atoms with Crippen molar-refractivity contribution in [3.8, 4) is 0 Å². The number of nitrogens with zero attached hydrogens (tertiary/aromatic N) is 1. The molecule has 1 aromatic carbocycles. The molecule has 88 valence electrons. The van der Waals surface area contributed by atoms with Crippen LogP contribution in [0.3, 0.4) is 0 Å². The van der Waals surface area contributed by atoms with Crippen LogP contribution in [0.1, 0.15) is 31.1 Å². The molecule has 17 heavy (non-hydrogen) atoms. The molecule has 0 spiro atoms. The summed E-state index contributed by atoms with van der Waals surface area (Å²) in [6.07, 6.45) is 2.87. The summed E-state index contributed by atoms with van der Waals surface area (Å²) in [6.45, 7) is 4.08. The van der Waals surface area contributed by atoms with E-state index in [-0.39, 0.29) is 5.41 Å². The van der Waals surface area contributed by atoms with Gasteiger partial charge in [-0.05, 0) is 17.2 Å². The van der Waals surface area contributed by atoms with Crippen LogP contribution in [0.2, 0.25) is 0 Å². The number of pyridine rings is 1. The topological polar surface area (TPSA) is 33.1 Å². The van der Waals surface area contributed by atoms with Crippen molar-refractivity contribution in [3.05, 3.63) is 66.0 Å². The average molecular weight is 227 g/mol. The molecule has 0 aliphatic carbocycles. The highest BCUT2D eigenvalue weighted by Gasteiger charge is 2.30. The summed E-state index contributed by atoms with van der Waals surface area (Å²) in [7, 11) is 0. The first-order valence-electron chi connectivity index (χ1n) is 5.76. The molecule has 0 aliphatic rings. The molecular weight excluding hydrogens is 210 g/mol. The van der Waals surface area contributed by atoms with E-state index in [4.69, 9.17) is 0 Å². The Labute approximate surface area is 102 Å². The van der Waals surface area contributed by atoms with Crippen molar-refractivity contribution in [2.75, 3.05) is 0 Å². The van der Waals surface area contributed by atoms with Crippen molar-refractivity contribution in [3.63, 3.8) is 0 Å². The van der Waals surface area contributed by atoms with E-state index in [1.54, 1.807) is 12.4 Å². The van der Waals surface area contributed by atoms with Crippen molar-refractivity contribution in [2.45, 2.75) is 25.4 Å². The Bertz CT molecular complexity index is 465. The monoisotopic (exact) mass is 227 g/mol. The number of rotatable bonds is 3. The highest BCUT2D eigenvalue weighted by Crippen LogP contribution is 2.36. The van der Waals surface area contributed by atoms with E-state index in [0.717, 1.165) is 11.1 Å². The lowest BCUT2D eigenvalue weighted by molar-refractivity contribution is 0.0999. The molecule has 2 heteroatoms. The summed E-state index contributed by atoms with van der Waals surface area (Å²) in [4.78, 5) is 4.05. The maximum absolute atomic E-state index is 10.5. The van der Waals surface area contributed by atoms with Gasteiger partial charge in [0.15, 0.2) is 0 Å². The van der Waals surface area contributed by atoms with Gasteiger partial charge < -0.3 is 5.11 Å². The number of aliphatic hydroxyl groups is 1. The lowest BCUT2D eigenvalue weighted by Gasteiger charge is -2.31. The van der Waals surface area contributed by atoms with E-state index in [0.29, 0.717) is 0 Å². The molecule has 1 unspecified atom stereocenters. The summed E-state index contributed by atoms with van der Waals surface area (Å²) in [5.41, 5.74) is 1.64. The van der Waals surface area contributed by atoms with Crippen LogP contribution < -0.4 is 0 Å². The number of benzene rings is 1. The normalized spacial score (nSPS) is 13.4. The lowest BCUT2D eigenvalue weighted by Crippen LogP contribution is -2.26. The Kier molecular flexibility index (Phi) is 3.25. The van der Waals surface area contributed by atoms with E-state index in [1.165, 1.54) is 0 Å². The van der Waals surface area contributed by atoms with Gasteiger partial charge in [0.25, 0.3) is 0 Å². The zero-order valence-corrected chi connectivity index (χ0v) is 10.2. The van der Waals surface area contributed by atoms with Crippen molar-refractivity contribution in [2.24, 2.45) is 0 Å². The second kappa shape index (κ2) is 4.68. The molecule has 0 fully saturated rings. The van der Waals surface area contributed by atoms with Gasteiger partial charge in [-0.3, -0.25) is 4.98 Å². The van der Waals surface area contributed by atoms with Gasteiger partial charge in [-0.25, -0.2) is 0 Å². The first kappa shape index (κ1) is 11.8. The molecule has 1 N–H and O–H groups in total. The minimum absolute atomic E-state index is 0.329. The van der Waals surface area contributed by atoms with E-state index in [2.05, 4.69) is 4.98 Å². The van der Waals surface area contributed by atoms with Gasteiger partial charge >= 0.3 is 0 Å². The molecule has 0 amide bonds. The second-order valence-corrected chi connectivity index (χ2v) is 4.78. The number of aliphatic hydroxyl groups excluding tert-OH is 1. The van der Waals surface area contributed by atoms with E-state index in [1.807, 2.05) is 56.3 Å². The summed E-state index contributed by atoms with van der Waals surface area (Å²) >= 11 is 0. The zero-order valence-electron chi connectivity index (χ0n) is 10.2. The molecule has 0 bridgehead atoms. The Balaban J connectivity index is 2.33. The van der Waals surface area contributed by atoms with Gasteiger partial charge in [-0.15, -0.1) is 0 Å². The lowest BCUT2D eigenvalue weighted by atomic mass is 9.77. The first-order chi connectivity index (χ1) is 8.12. The molecule has 2 aromatic rings. The molecule has 0 saturated carbocycles. The molecule has 1 heterocycles. The fourth-order valence-electron chi connectivity index (χ4n) is 1.98. The smallest absolute Gasteiger partial charge is 0.0896 e. The van der Waals surface area contributed by atoms with Crippen LogP contribution in [0.15, 0.2) is 54.9 Å². The maximum atomic E-state index is 10.5. The highest BCUT2D eigenvalue weighted by molar-refractivity contribution is 5.29. The summed E-state index contributed by atoms with van der Waals surface area (Å²) in [6, 6.07) is 13.8. The molecule has 0 radical (unpaired) electrons. The summed E-state index contributed by atoms with van der Waals surface area (Å²) < 4.78 is 0. The van der Waals surface area contributed by atoms with Crippen LogP contribution in [-0.2, 0) is 5.41 Å². The van der Waals surface area contributed by atoms with E-state index >= 15 is 0 Å². The third-order valence-electron chi connectivity index (χ3n) is 3.20. The van der Waals surface area contributed by atoms with E-state index in [9.17, 15) is 5.11 Å². The second-order valence-electron chi connectivity index (χ2n) is 4.78. The third kappa shape index (κ3) is 2.37. The highest BCUT2D eigenvalue weighted by atomic mass is 16.3. The predicted molar refractivity (Wildman–Crippen MR) is 68.7 cm³/mol. The molecular formula is C15H17NO. The number of hydrogen-bond acceptors (Lipinski definition) is 2. The molecule has 1 aromatic heterocycles. The quantitative estimate of drug-likeness (QED) is 0.874. The van der Waals surface area contributed by atoms with Crippen LogP contribution in [0, 0.1) is 0 Å². The minimum atomic E-state index is -0.557. The van der Waals surface area contributed by atoms with Gasteiger partial charge in [-0.1, -0.05) is 50.2 Å². The van der Waals surface area contributed by atoms with Crippen LogP contribution in [0.4, 0.5) is 0 Å². The van der Waals surface area contributed by atoms with E-state index < -0.39 is 6.10 Å². The minimum Gasteiger partial charge on any atom is -0.387 e. The van der Waals surface area contributed by atoms with Crippen LogP contribution in [0.5, 0.6) is 0 Å². The summed E-state index contributed by atoms with van der Waals surface area (Å²) in [5, 5.41) is 10.5. The van der Waals surface area contributed by atoms with Gasteiger partial charge in [-0.2, -0.15) is 0 Å². The Morgan fingerprint density at radius 1 is 1.06 bits per heavy atom. The van der Waals surface area contributed by atoms with Crippen molar-refractivity contribution in [1.29, 1.82) is 0 Å². The van der Waals surface area contributed by atoms with Gasteiger partial charge in [0, 0.05) is 17.8 Å². The van der Waals surface area contributed by atoms with Crippen LogP contribution in [-0.4, -0.2) is 10.1 Å². The Morgan fingerprint density at radius 3 is 2.35 bits per heavy atom. The summed E-state index contributed by atoms with van der Waals surface area (Å²) in [5.74, 6) is 0. The maximum Gasteiger partial charge on any atom is 0.0896 e. The fraction of sp³-hybridized carbons (Fsp3) is 0.267. The molecule has 0 saturated heterocycles. The number of aromatic nitrogens is 1. The first-order valence-corrected chi connectivity index (χ1v) is 5.76. The Hall–Kier alpha value is -1.67. The van der Waals surface area contributed by atoms with Crippen LogP contribution in [0.25, 0.3) is 0 Å². The van der Waals surface area contributed by atoms with Gasteiger partial charge in [0.05, 0.1) is 6.10 Å².